The zero-order chi connectivity index (χ0) is 22.1. The van der Waals surface area contributed by atoms with Gasteiger partial charge in [-0.1, -0.05) is 12.1 Å². The number of hydrogen-bond acceptors (Lipinski definition) is 7. The lowest BCUT2D eigenvalue weighted by Crippen LogP contribution is -2.33. The average molecular weight is 446 g/mol. The van der Waals surface area contributed by atoms with Crippen LogP contribution in [0.15, 0.2) is 53.3 Å². The van der Waals surface area contributed by atoms with Gasteiger partial charge in [-0.2, -0.15) is 17.0 Å². The van der Waals surface area contributed by atoms with Crippen LogP contribution < -0.4 is 15.9 Å². The molecule has 4 aromatic rings. The molecular weight excluding hydrogens is 426 g/mol. The van der Waals surface area contributed by atoms with Crippen molar-refractivity contribution in [2.45, 2.75) is 6.54 Å². The molecule has 3 heterocycles. The van der Waals surface area contributed by atoms with E-state index >= 15 is 0 Å². The maximum atomic E-state index is 13.2. The number of nitrogens with one attached hydrogen (secondary N) is 1. The molecule has 0 unspecified atom stereocenters. The molecule has 0 atom stereocenters. The Hall–Kier alpha value is -3.84. The van der Waals surface area contributed by atoms with Crippen LogP contribution in [-0.4, -0.2) is 49.7 Å². The fourth-order valence-corrected chi connectivity index (χ4v) is 4.64. The van der Waals surface area contributed by atoms with Crippen molar-refractivity contribution in [2.75, 3.05) is 34.8 Å². The van der Waals surface area contributed by atoms with Crippen molar-refractivity contribution in [1.29, 1.82) is 5.26 Å². The number of thioether (sulfide) groups is 1. The number of nitriles is 1. The first-order valence-electron chi connectivity index (χ1n) is 10.1. The molecule has 1 saturated heterocycles. The van der Waals surface area contributed by atoms with Crippen LogP contribution in [0.1, 0.15) is 5.56 Å². The fourth-order valence-electron chi connectivity index (χ4n) is 3.74. The Morgan fingerprint density at radius 1 is 1.12 bits per heavy atom. The van der Waals surface area contributed by atoms with E-state index in [1.807, 2.05) is 42.1 Å². The van der Waals surface area contributed by atoms with Crippen molar-refractivity contribution in [3.63, 3.8) is 0 Å². The minimum absolute atomic E-state index is 0.232. The van der Waals surface area contributed by atoms with Gasteiger partial charge in [0.15, 0.2) is 5.82 Å². The SMILES string of the molecule is N#Cc1ccc(NC(=O)Cn2nc3c(N4CCSCC4)nc4ccccc4n3c2=O)cc1. The van der Waals surface area contributed by atoms with E-state index in [2.05, 4.69) is 15.3 Å². The van der Waals surface area contributed by atoms with Crippen LogP contribution in [0.5, 0.6) is 0 Å². The number of benzene rings is 2. The number of para-hydroxylation sites is 2. The summed E-state index contributed by atoms with van der Waals surface area (Å²) >= 11 is 1.89. The van der Waals surface area contributed by atoms with E-state index in [-0.39, 0.29) is 18.1 Å². The highest BCUT2D eigenvalue weighted by molar-refractivity contribution is 7.99. The van der Waals surface area contributed by atoms with Crippen molar-refractivity contribution in [3.05, 3.63) is 64.6 Å². The fraction of sp³-hybridized carbons (Fsp3) is 0.227. The number of nitrogens with zero attached hydrogens (tertiary/aromatic N) is 6. The predicted molar refractivity (Wildman–Crippen MR) is 124 cm³/mol. The summed E-state index contributed by atoms with van der Waals surface area (Å²) in [6.45, 7) is 1.42. The van der Waals surface area contributed by atoms with Crippen molar-refractivity contribution in [2.24, 2.45) is 0 Å². The van der Waals surface area contributed by atoms with Crippen molar-refractivity contribution < 1.29 is 4.79 Å². The number of rotatable bonds is 4. The smallest absolute Gasteiger partial charge is 0.351 e. The topological polar surface area (TPSA) is 108 Å². The third kappa shape index (κ3) is 3.67. The largest absolute Gasteiger partial charge is 0.352 e. The lowest BCUT2D eigenvalue weighted by molar-refractivity contribution is -0.117. The van der Waals surface area contributed by atoms with Crippen LogP contribution >= 0.6 is 11.8 Å². The van der Waals surface area contributed by atoms with Crippen LogP contribution in [0.4, 0.5) is 11.5 Å². The highest BCUT2D eigenvalue weighted by atomic mass is 32.2. The first kappa shape index (κ1) is 20.1. The minimum atomic E-state index is -0.388. The van der Waals surface area contributed by atoms with Gasteiger partial charge in [0.1, 0.15) is 6.54 Å². The predicted octanol–water partition coefficient (Wildman–Crippen LogP) is 2.11. The first-order chi connectivity index (χ1) is 15.6. The van der Waals surface area contributed by atoms with Crippen LogP contribution in [-0.2, 0) is 11.3 Å². The quantitative estimate of drug-likeness (QED) is 0.512. The molecule has 9 nitrogen and oxygen atoms in total. The molecule has 1 N–H and O–H groups in total. The molecule has 1 aliphatic heterocycles. The van der Waals surface area contributed by atoms with Crippen LogP contribution in [0.25, 0.3) is 16.7 Å². The van der Waals surface area contributed by atoms with Crippen molar-refractivity contribution >= 4 is 45.9 Å². The second-order valence-corrected chi connectivity index (χ2v) is 8.58. The summed E-state index contributed by atoms with van der Waals surface area (Å²) < 4.78 is 2.71. The van der Waals surface area contributed by atoms with E-state index in [0.717, 1.165) is 24.6 Å². The lowest BCUT2D eigenvalue weighted by Gasteiger charge is -2.27. The Labute approximate surface area is 187 Å². The van der Waals surface area contributed by atoms with Gasteiger partial charge in [0.05, 0.1) is 22.7 Å². The van der Waals surface area contributed by atoms with Gasteiger partial charge in [-0.25, -0.2) is 18.9 Å². The molecule has 1 fully saturated rings. The van der Waals surface area contributed by atoms with Gasteiger partial charge < -0.3 is 10.2 Å². The first-order valence-corrected chi connectivity index (χ1v) is 11.3. The van der Waals surface area contributed by atoms with E-state index in [1.54, 1.807) is 24.3 Å². The molecule has 32 heavy (non-hydrogen) atoms. The third-order valence-electron chi connectivity index (χ3n) is 5.29. The summed E-state index contributed by atoms with van der Waals surface area (Å²) in [4.78, 5) is 32.8. The second kappa shape index (κ2) is 8.36. The van der Waals surface area contributed by atoms with Crippen LogP contribution in [0, 0.1) is 11.3 Å². The Morgan fingerprint density at radius 3 is 2.62 bits per heavy atom. The summed E-state index contributed by atoms with van der Waals surface area (Å²) in [5.74, 6) is 2.25. The molecule has 2 aromatic heterocycles. The van der Waals surface area contributed by atoms with Crippen molar-refractivity contribution in [3.8, 4) is 6.07 Å². The van der Waals surface area contributed by atoms with Gasteiger partial charge in [0.25, 0.3) is 0 Å². The zero-order valence-corrected chi connectivity index (χ0v) is 17.9. The molecule has 0 radical (unpaired) electrons. The van der Waals surface area contributed by atoms with E-state index in [9.17, 15) is 9.59 Å². The molecule has 5 rings (SSSR count). The van der Waals surface area contributed by atoms with E-state index in [4.69, 9.17) is 10.2 Å². The molecule has 0 saturated carbocycles. The third-order valence-corrected chi connectivity index (χ3v) is 6.23. The maximum absolute atomic E-state index is 13.2. The van der Waals surface area contributed by atoms with E-state index in [0.29, 0.717) is 33.7 Å². The van der Waals surface area contributed by atoms with Gasteiger partial charge >= 0.3 is 5.69 Å². The zero-order valence-electron chi connectivity index (χ0n) is 17.1. The van der Waals surface area contributed by atoms with Gasteiger partial charge in [0, 0.05) is 30.3 Å². The van der Waals surface area contributed by atoms with Gasteiger partial charge in [-0.15, -0.1) is 5.10 Å². The van der Waals surface area contributed by atoms with E-state index in [1.165, 1.54) is 9.08 Å². The number of hydrogen-bond donors (Lipinski definition) is 1. The second-order valence-electron chi connectivity index (χ2n) is 7.36. The molecule has 0 spiro atoms. The number of anilines is 2. The summed E-state index contributed by atoms with van der Waals surface area (Å²) in [6.07, 6.45) is 0. The molecule has 160 valence electrons. The number of carbonyl (C=O) groups excluding carboxylic acids is 1. The molecule has 0 aliphatic carbocycles. The highest BCUT2D eigenvalue weighted by Crippen LogP contribution is 2.24. The highest BCUT2D eigenvalue weighted by Gasteiger charge is 2.22. The van der Waals surface area contributed by atoms with Gasteiger partial charge in [-0.3, -0.25) is 4.79 Å². The summed E-state index contributed by atoms with van der Waals surface area (Å²) in [5.41, 5.74) is 2.47. The molecule has 1 aliphatic rings. The Morgan fingerprint density at radius 2 is 1.88 bits per heavy atom. The van der Waals surface area contributed by atoms with Gasteiger partial charge in [-0.05, 0) is 36.4 Å². The normalized spacial score (nSPS) is 13.9. The molecule has 10 heteroatoms. The number of carbonyl (C=O) groups is 1. The summed E-state index contributed by atoms with van der Waals surface area (Å²) in [7, 11) is 0. The monoisotopic (exact) mass is 445 g/mol. The average Bonchev–Trinajstić information content (AvgIpc) is 3.15. The molecule has 2 aromatic carbocycles. The summed E-state index contributed by atoms with van der Waals surface area (Å²) in [5, 5.41) is 16.1. The van der Waals surface area contributed by atoms with Gasteiger partial charge in [0.2, 0.25) is 11.6 Å². The lowest BCUT2D eigenvalue weighted by atomic mass is 10.2. The maximum Gasteiger partial charge on any atom is 0.351 e. The molecular formula is C22H19N7O2S. The number of amides is 1. The summed E-state index contributed by atoms with van der Waals surface area (Å²) in [6, 6.07) is 16.0. The Bertz CT molecular complexity index is 1410. The number of fused-ring (bicyclic) bond motifs is 3. The van der Waals surface area contributed by atoms with E-state index < -0.39 is 0 Å². The molecule has 1 amide bonds. The standard InChI is InChI=1S/C22H19N7O2S/c23-13-15-5-7-16(8-6-15)24-19(30)14-28-22(31)29-18-4-2-1-3-17(18)25-20(21(29)26-28)27-9-11-32-12-10-27/h1-8H,9-12,14H2,(H,24,30). The van der Waals surface area contributed by atoms with Crippen LogP contribution in [0.3, 0.4) is 0 Å². The number of aromatic nitrogens is 4. The van der Waals surface area contributed by atoms with Crippen molar-refractivity contribution in [1.82, 2.24) is 19.2 Å². The minimum Gasteiger partial charge on any atom is -0.352 e. The molecule has 0 bridgehead atoms. The Kier molecular flexibility index (Phi) is 5.25. The Balaban J connectivity index is 1.53. The van der Waals surface area contributed by atoms with Crippen LogP contribution in [0.2, 0.25) is 0 Å².